The first-order valence-corrected chi connectivity index (χ1v) is 9.83. The van der Waals surface area contributed by atoms with Gasteiger partial charge in [0, 0.05) is 31.7 Å². The summed E-state index contributed by atoms with van der Waals surface area (Å²) in [4.78, 5) is 38.1. The summed E-state index contributed by atoms with van der Waals surface area (Å²) in [5, 5.41) is 10.1. The summed E-state index contributed by atoms with van der Waals surface area (Å²) in [5.41, 5.74) is 1.38. The molecule has 0 atom stereocenters. The zero-order valence-corrected chi connectivity index (χ0v) is 16.2. The van der Waals surface area contributed by atoms with Crippen LogP contribution < -0.4 is 10.6 Å². The van der Waals surface area contributed by atoms with Crippen LogP contribution in [-0.4, -0.2) is 51.2 Å². The molecule has 3 rings (SSSR count). The van der Waals surface area contributed by atoms with E-state index in [0.717, 1.165) is 43.6 Å². The number of aromatic nitrogens is 2. The molecule has 27 heavy (non-hydrogen) atoms. The van der Waals surface area contributed by atoms with Gasteiger partial charge >= 0.3 is 6.03 Å². The van der Waals surface area contributed by atoms with Gasteiger partial charge in [0.15, 0.2) is 0 Å². The van der Waals surface area contributed by atoms with Gasteiger partial charge in [0.05, 0.1) is 5.69 Å². The zero-order chi connectivity index (χ0) is 19.4. The van der Waals surface area contributed by atoms with Crippen LogP contribution in [0, 0.1) is 13.8 Å². The molecule has 1 aliphatic carbocycles. The van der Waals surface area contributed by atoms with Gasteiger partial charge in [-0.1, -0.05) is 19.3 Å². The Morgan fingerprint density at radius 3 is 2.63 bits per heavy atom. The Kier molecular flexibility index (Phi) is 5.82. The quantitative estimate of drug-likeness (QED) is 0.559. The Hall–Kier alpha value is -2.38. The fraction of sp³-hybridized carbons (Fsp3) is 0.684. The van der Waals surface area contributed by atoms with Gasteiger partial charge in [-0.05, 0) is 39.2 Å². The predicted molar refractivity (Wildman–Crippen MR) is 100 cm³/mol. The number of nitrogens with zero attached hydrogens (tertiary/aromatic N) is 3. The Balaban J connectivity index is 1.39. The third kappa shape index (κ3) is 4.31. The summed E-state index contributed by atoms with van der Waals surface area (Å²) < 4.78 is 1.93. The van der Waals surface area contributed by atoms with Crippen molar-refractivity contribution in [1.29, 1.82) is 0 Å². The third-order valence-corrected chi connectivity index (χ3v) is 5.49. The summed E-state index contributed by atoms with van der Waals surface area (Å²) >= 11 is 0. The molecule has 2 fully saturated rings. The molecule has 0 unspecified atom stereocenters. The maximum atomic E-state index is 12.7. The first kappa shape index (κ1) is 19.4. The molecule has 1 aliphatic heterocycles. The second kappa shape index (κ2) is 8.10. The smallest absolute Gasteiger partial charge is 0.325 e. The van der Waals surface area contributed by atoms with Gasteiger partial charge < -0.3 is 10.6 Å². The standard InChI is InChI=1S/C19H29N5O3/c1-14-13-15(2)24(22-14)11-6-10-20-16(25)7-12-23-17(26)19(21-18(23)27)8-4-3-5-9-19/h13H,3-12H2,1-2H3,(H,20,25)(H,21,27). The van der Waals surface area contributed by atoms with E-state index in [0.29, 0.717) is 19.4 Å². The van der Waals surface area contributed by atoms with E-state index >= 15 is 0 Å². The molecule has 1 saturated carbocycles. The topological polar surface area (TPSA) is 96.3 Å². The Morgan fingerprint density at radius 2 is 1.96 bits per heavy atom. The maximum Gasteiger partial charge on any atom is 0.325 e. The minimum Gasteiger partial charge on any atom is -0.356 e. The van der Waals surface area contributed by atoms with Crippen molar-refractivity contribution in [2.45, 2.75) is 70.9 Å². The van der Waals surface area contributed by atoms with Gasteiger partial charge in [-0.15, -0.1) is 0 Å². The van der Waals surface area contributed by atoms with Crippen molar-refractivity contribution in [3.05, 3.63) is 17.5 Å². The molecule has 8 nitrogen and oxygen atoms in total. The lowest BCUT2D eigenvalue weighted by molar-refractivity contribution is -0.132. The summed E-state index contributed by atoms with van der Waals surface area (Å²) in [6, 6.07) is 1.66. The molecule has 1 saturated heterocycles. The van der Waals surface area contributed by atoms with Crippen LogP contribution in [0.1, 0.15) is 56.3 Å². The summed E-state index contributed by atoms with van der Waals surface area (Å²) in [6.07, 6.45) is 5.32. The highest BCUT2D eigenvalue weighted by atomic mass is 16.2. The largest absolute Gasteiger partial charge is 0.356 e. The average molecular weight is 375 g/mol. The number of carbonyl (C=O) groups is 3. The van der Waals surface area contributed by atoms with Crippen molar-refractivity contribution in [1.82, 2.24) is 25.3 Å². The van der Waals surface area contributed by atoms with E-state index in [2.05, 4.69) is 15.7 Å². The minimum absolute atomic E-state index is 0.134. The van der Waals surface area contributed by atoms with Gasteiger partial charge in [-0.2, -0.15) is 5.10 Å². The van der Waals surface area contributed by atoms with Crippen LogP contribution >= 0.6 is 0 Å². The van der Waals surface area contributed by atoms with E-state index in [9.17, 15) is 14.4 Å². The van der Waals surface area contributed by atoms with Crippen LogP contribution in [0.15, 0.2) is 6.07 Å². The summed E-state index contributed by atoms with van der Waals surface area (Å²) in [5.74, 6) is -0.307. The van der Waals surface area contributed by atoms with Crippen molar-refractivity contribution in [2.24, 2.45) is 0 Å². The molecule has 0 aromatic carbocycles. The van der Waals surface area contributed by atoms with E-state index in [1.807, 2.05) is 24.6 Å². The van der Waals surface area contributed by atoms with Gasteiger partial charge in [0.1, 0.15) is 5.54 Å². The van der Waals surface area contributed by atoms with Gasteiger partial charge in [0.25, 0.3) is 5.91 Å². The highest BCUT2D eigenvalue weighted by Crippen LogP contribution is 2.33. The lowest BCUT2D eigenvalue weighted by Gasteiger charge is -2.30. The molecule has 0 bridgehead atoms. The number of amides is 4. The molecule has 2 aliphatic rings. The molecule has 148 valence electrons. The zero-order valence-electron chi connectivity index (χ0n) is 16.2. The predicted octanol–water partition coefficient (Wildman–Crippen LogP) is 1.65. The first-order valence-electron chi connectivity index (χ1n) is 9.83. The minimum atomic E-state index is -0.717. The number of imide groups is 1. The lowest BCUT2D eigenvalue weighted by Crippen LogP contribution is -2.48. The van der Waals surface area contributed by atoms with Crippen molar-refractivity contribution >= 4 is 17.8 Å². The molecule has 8 heteroatoms. The Morgan fingerprint density at radius 1 is 1.22 bits per heavy atom. The fourth-order valence-corrected chi connectivity index (χ4v) is 4.03. The van der Waals surface area contributed by atoms with Gasteiger partial charge in [0.2, 0.25) is 5.91 Å². The molecule has 2 heterocycles. The first-order chi connectivity index (χ1) is 12.9. The van der Waals surface area contributed by atoms with Crippen molar-refractivity contribution < 1.29 is 14.4 Å². The number of hydrogen-bond acceptors (Lipinski definition) is 4. The van der Waals surface area contributed by atoms with Crippen LogP contribution in [0.2, 0.25) is 0 Å². The summed E-state index contributed by atoms with van der Waals surface area (Å²) in [7, 11) is 0. The molecule has 0 radical (unpaired) electrons. The SMILES string of the molecule is Cc1cc(C)n(CCCNC(=O)CCN2C(=O)NC3(CCCCC3)C2=O)n1. The van der Waals surface area contributed by atoms with E-state index in [4.69, 9.17) is 0 Å². The second-order valence-electron chi connectivity index (χ2n) is 7.63. The van der Waals surface area contributed by atoms with Gasteiger partial charge in [-0.3, -0.25) is 19.2 Å². The molecule has 2 N–H and O–H groups in total. The summed E-state index contributed by atoms with van der Waals surface area (Å²) in [6.45, 7) is 5.39. The fourth-order valence-electron chi connectivity index (χ4n) is 4.03. The molecular formula is C19H29N5O3. The lowest BCUT2D eigenvalue weighted by atomic mass is 9.82. The molecule has 1 spiro atoms. The molecule has 1 aromatic heterocycles. The van der Waals surface area contributed by atoms with Crippen LogP contribution in [0.3, 0.4) is 0 Å². The van der Waals surface area contributed by atoms with Crippen molar-refractivity contribution in [2.75, 3.05) is 13.1 Å². The monoisotopic (exact) mass is 375 g/mol. The average Bonchev–Trinajstić information content (AvgIpc) is 3.07. The molecular weight excluding hydrogens is 346 g/mol. The van der Waals surface area contributed by atoms with Crippen molar-refractivity contribution in [3.63, 3.8) is 0 Å². The van der Waals surface area contributed by atoms with E-state index in [-0.39, 0.29) is 30.8 Å². The highest BCUT2D eigenvalue weighted by Gasteiger charge is 2.50. The number of carbonyl (C=O) groups excluding carboxylic acids is 3. The molecule has 4 amide bonds. The Bertz CT molecular complexity index is 721. The Labute approximate surface area is 159 Å². The highest BCUT2D eigenvalue weighted by molar-refractivity contribution is 6.07. The number of hydrogen-bond donors (Lipinski definition) is 2. The van der Waals surface area contributed by atoms with E-state index in [1.165, 1.54) is 4.90 Å². The van der Waals surface area contributed by atoms with Crippen LogP contribution in [-0.2, 0) is 16.1 Å². The number of nitrogens with one attached hydrogen (secondary N) is 2. The van der Waals surface area contributed by atoms with Crippen molar-refractivity contribution in [3.8, 4) is 0 Å². The van der Waals surface area contributed by atoms with Crippen LogP contribution in [0.4, 0.5) is 4.79 Å². The molecule has 1 aromatic rings. The van der Waals surface area contributed by atoms with Gasteiger partial charge in [-0.25, -0.2) is 4.79 Å². The number of rotatable bonds is 7. The maximum absolute atomic E-state index is 12.7. The van der Waals surface area contributed by atoms with Crippen LogP contribution in [0.25, 0.3) is 0 Å². The van der Waals surface area contributed by atoms with E-state index < -0.39 is 5.54 Å². The van der Waals surface area contributed by atoms with Crippen LogP contribution in [0.5, 0.6) is 0 Å². The number of urea groups is 1. The normalized spacial score (nSPS) is 18.8. The second-order valence-corrected chi connectivity index (χ2v) is 7.63. The number of aryl methyl sites for hydroxylation is 3. The third-order valence-electron chi connectivity index (χ3n) is 5.49. The van der Waals surface area contributed by atoms with E-state index in [1.54, 1.807) is 0 Å².